The summed E-state index contributed by atoms with van der Waals surface area (Å²) >= 11 is 5.89. The number of benzene rings is 2. The van der Waals surface area contributed by atoms with Gasteiger partial charge in [0.2, 0.25) is 0 Å². The van der Waals surface area contributed by atoms with E-state index in [0.29, 0.717) is 22.8 Å². The number of nitrogens with two attached hydrogens (primary N) is 1. The zero-order valence-electron chi connectivity index (χ0n) is 14.4. The molecule has 0 saturated carbocycles. The second kappa shape index (κ2) is 9.20. The first-order chi connectivity index (χ1) is 12.0. The average molecular weight is 361 g/mol. The van der Waals surface area contributed by atoms with Gasteiger partial charge in [-0.2, -0.15) is 0 Å². The van der Waals surface area contributed by atoms with Crippen molar-refractivity contribution in [2.75, 3.05) is 18.4 Å². The van der Waals surface area contributed by atoms with Crippen molar-refractivity contribution in [1.82, 2.24) is 5.32 Å². The molecule has 2 amide bonds. The van der Waals surface area contributed by atoms with Crippen molar-refractivity contribution >= 4 is 29.1 Å². The van der Waals surface area contributed by atoms with Crippen molar-refractivity contribution in [3.63, 3.8) is 0 Å². The molecule has 5 nitrogen and oxygen atoms in total. The lowest BCUT2D eigenvalue weighted by molar-refractivity contribution is -0.682. The number of anilines is 1. The van der Waals surface area contributed by atoms with Crippen molar-refractivity contribution in [1.29, 1.82) is 0 Å². The Labute approximate surface area is 152 Å². The first kappa shape index (κ1) is 19.0. The van der Waals surface area contributed by atoms with Crippen LogP contribution in [-0.2, 0) is 4.79 Å². The maximum absolute atomic E-state index is 12.1. The molecule has 0 bridgehead atoms. The summed E-state index contributed by atoms with van der Waals surface area (Å²) in [6.07, 6.45) is 0. The molecule has 0 aromatic heterocycles. The van der Waals surface area contributed by atoms with Crippen molar-refractivity contribution < 1.29 is 14.9 Å². The molecule has 4 N–H and O–H groups in total. The summed E-state index contributed by atoms with van der Waals surface area (Å²) < 4.78 is 0. The molecule has 0 heterocycles. The van der Waals surface area contributed by atoms with E-state index in [4.69, 9.17) is 11.6 Å². The lowest BCUT2D eigenvalue weighted by Gasteiger charge is -2.12. The van der Waals surface area contributed by atoms with E-state index in [1.165, 1.54) is 0 Å². The SMILES string of the molecule is CCNC(=O)c1cccc(NC(=O)C[NH2+][C@@H](C)c2ccc(Cl)cc2)c1. The van der Waals surface area contributed by atoms with E-state index in [0.717, 1.165) is 5.56 Å². The average Bonchev–Trinajstić information content (AvgIpc) is 2.61. The van der Waals surface area contributed by atoms with Gasteiger partial charge in [0.15, 0.2) is 6.54 Å². The zero-order valence-corrected chi connectivity index (χ0v) is 15.1. The Morgan fingerprint density at radius 1 is 1.16 bits per heavy atom. The van der Waals surface area contributed by atoms with Gasteiger partial charge in [-0.3, -0.25) is 9.59 Å². The topological polar surface area (TPSA) is 74.8 Å². The third-order valence-electron chi connectivity index (χ3n) is 3.80. The van der Waals surface area contributed by atoms with Crippen LogP contribution in [0.15, 0.2) is 48.5 Å². The number of halogens is 1. The summed E-state index contributed by atoms with van der Waals surface area (Å²) in [5.41, 5.74) is 2.25. The first-order valence-corrected chi connectivity index (χ1v) is 8.64. The van der Waals surface area contributed by atoms with E-state index in [-0.39, 0.29) is 24.4 Å². The molecule has 0 fully saturated rings. The first-order valence-electron chi connectivity index (χ1n) is 8.26. The molecule has 0 aliphatic rings. The number of quaternary nitrogens is 1. The summed E-state index contributed by atoms with van der Waals surface area (Å²) in [5, 5.41) is 8.21. The monoisotopic (exact) mass is 360 g/mol. The predicted molar refractivity (Wildman–Crippen MR) is 99.7 cm³/mol. The third-order valence-corrected chi connectivity index (χ3v) is 4.05. The number of rotatable bonds is 7. The number of carbonyl (C=O) groups is 2. The van der Waals surface area contributed by atoms with Crippen LogP contribution in [0.25, 0.3) is 0 Å². The molecular weight excluding hydrogens is 338 g/mol. The number of nitrogens with one attached hydrogen (secondary N) is 2. The van der Waals surface area contributed by atoms with Gasteiger partial charge >= 0.3 is 0 Å². The summed E-state index contributed by atoms with van der Waals surface area (Å²) in [5.74, 6) is -0.268. The van der Waals surface area contributed by atoms with Crippen LogP contribution in [0.2, 0.25) is 5.02 Å². The maximum Gasteiger partial charge on any atom is 0.279 e. The minimum Gasteiger partial charge on any atom is -0.352 e. The van der Waals surface area contributed by atoms with Gasteiger partial charge in [0, 0.05) is 28.4 Å². The smallest absolute Gasteiger partial charge is 0.279 e. The highest BCUT2D eigenvalue weighted by Crippen LogP contribution is 2.13. The van der Waals surface area contributed by atoms with Gasteiger partial charge in [-0.15, -0.1) is 0 Å². The summed E-state index contributed by atoms with van der Waals surface area (Å²) in [7, 11) is 0. The molecule has 2 aromatic rings. The van der Waals surface area contributed by atoms with Crippen LogP contribution in [0.5, 0.6) is 0 Å². The fourth-order valence-corrected chi connectivity index (χ4v) is 2.53. The molecule has 2 aromatic carbocycles. The highest BCUT2D eigenvalue weighted by molar-refractivity contribution is 6.30. The van der Waals surface area contributed by atoms with Gasteiger partial charge in [0.1, 0.15) is 6.04 Å². The van der Waals surface area contributed by atoms with Gasteiger partial charge in [0.05, 0.1) is 0 Å². The molecule has 0 radical (unpaired) electrons. The fourth-order valence-electron chi connectivity index (χ4n) is 2.40. The largest absolute Gasteiger partial charge is 0.352 e. The molecule has 0 aliphatic heterocycles. The number of hydrogen-bond acceptors (Lipinski definition) is 2. The fraction of sp³-hybridized carbons (Fsp3) is 0.263. The molecule has 6 heteroatoms. The van der Waals surface area contributed by atoms with Crippen molar-refractivity contribution in [3.8, 4) is 0 Å². The highest BCUT2D eigenvalue weighted by atomic mass is 35.5. The van der Waals surface area contributed by atoms with Gasteiger partial charge in [0.25, 0.3) is 11.8 Å². The molecule has 132 valence electrons. The maximum atomic E-state index is 12.1. The Morgan fingerprint density at radius 2 is 1.88 bits per heavy atom. The van der Waals surface area contributed by atoms with Gasteiger partial charge < -0.3 is 16.0 Å². The Balaban J connectivity index is 1.88. The quantitative estimate of drug-likeness (QED) is 0.709. The number of carbonyl (C=O) groups excluding carboxylic acids is 2. The molecular formula is C19H23ClN3O2+. The molecule has 25 heavy (non-hydrogen) atoms. The Hall–Kier alpha value is -2.37. The van der Waals surface area contributed by atoms with Crippen molar-refractivity contribution in [2.24, 2.45) is 0 Å². The second-order valence-corrected chi connectivity index (χ2v) is 6.20. The molecule has 1 atom stereocenters. The summed E-state index contributed by atoms with van der Waals surface area (Å²) in [6, 6.07) is 14.6. The summed E-state index contributed by atoms with van der Waals surface area (Å²) in [6.45, 7) is 4.75. The van der Waals surface area contributed by atoms with Crippen LogP contribution >= 0.6 is 11.6 Å². The highest BCUT2D eigenvalue weighted by Gasteiger charge is 2.12. The molecule has 0 unspecified atom stereocenters. The predicted octanol–water partition coefficient (Wildman–Crippen LogP) is 2.35. The lowest BCUT2D eigenvalue weighted by Crippen LogP contribution is -2.86. The normalized spacial score (nSPS) is 11.6. The van der Waals surface area contributed by atoms with E-state index < -0.39 is 0 Å². The summed E-state index contributed by atoms with van der Waals surface area (Å²) in [4.78, 5) is 24.0. The molecule has 0 spiro atoms. The number of hydrogen-bond donors (Lipinski definition) is 3. The molecule has 0 aliphatic carbocycles. The van der Waals surface area contributed by atoms with E-state index in [9.17, 15) is 9.59 Å². The second-order valence-electron chi connectivity index (χ2n) is 5.77. The van der Waals surface area contributed by atoms with Crippen LogP contribution in [0.1, 0.15) is 35.8 Å². The minimum atomic E-state index is -0.151. The molecule has 0 saturated heterocycles. The van der Waals surface area contributed by atoms with E-state index >= 15 is 0 Å². The van der Waals surface area contributed by atoms with Gasteiger partial charge in [-0.05, 0) is 44.2 Å². The van der Waals surface area contributed by atoms with Gasteiger partial charge in [-0.25, -0.2) is 0 Å². The standard InChI is InChI=1S/C19H22ClN3O2/c1-3-21-19(25)15-5-4-6-17(11-15)23-18(24)12-22-13(2)14-7-9-16(20)10-8-14/h4-11,13,22H,3,12H2,1-2H3,(H,21,25)(H,23,24)/p+1/t13-/m0/s1. The van der Waals surface area contributed by atoms with Crippen LogP contribution in [0.3, 0.4) is 0 Å². The minimum absolute atomic E-state index is 0.117. The zero-order chi connectivity index (χ0) is 18.2. The van der Waals surface area contributed by atoms with Crippen LogP contribution in [0, 0.1) is 0 Å². The number of amides is 2. The third kappa shape index (κ3) is 5.89. The van der Waals surface area contributed by atoms with E-state index in [1.807, 2.05) is 43.4 Å². The van der Waals surface area contributed by atoms with Crippen LogP contribution in [0.4, 0.5) is 5.69 Å². The molecule has 2 rings (SSSR count). The van der Waals surface area contributed by atoms with Crippen LogP contribution in [-0.4, -0.2) is 24.9 Å². The van der Waals surface area contributed by atoms with Gasteiger partial charge in [-0.1, -0.05) is 29.8 Å². The Kier molecular flexibility index (Phi) is 6.98. The van der Waals surface area contributed by atoms with E-state index in [1.54, 1.807) is 24.3 Å². The Morgan fingerprint density at radius 3 is 2.56 bits per heavy atom. The Bertz CT molecular complexity index is 732. The van der Waals surface area contributed by atoms with Crippen LogP contribution < -0.4 is 16.0 Å². The van der Waals surface area contributed by atoms with E-state index in [2.05, 4.69) is 10.6 Å². The van der Waals surface area contributed by atoms with Crippen molar-refractivity contribution in [3.05, 3.63) is 64.7 Å². The van der Waals surface area contributed by atoms with Crippen molar-refractivity contribution in [2.45, 2.75) is 19.9 Å². The lowest BCUT2D eigenvalue weighted by atomic mass is 10.1.